The van der Waals surface area contributed by atoms with Gasteiger partial charge in [0.2, 0.25) is 0 Å². The molecule has 0 spiro atoms. The quantitative estimate of drug-likeness (QED) is 0.524. The average molecular weight is 134 g/mol. The van der Waals surface area contributed by atoms with Crippen LogP contribution in [0.5, 0.6) is 0 Å². The molecule has 0 aliphatic carbocycles. The molecule has 1 aromatic heterocycles. The molecule has 0 aromatic carbocycles. The molecular weight excluding hydrogens is 123 g/mol. The highest BCUT2D eigenvalue weighted by Crippen LogP contribution is 1.86. The fourth-order valence-corrected chi connectivity index (χ4v) is 0.466. The Hall–Kier alpha value is -0.985. The SMILES string of the molecule is CC.[B]c1ccnc(N)c1. The van der Waals surface area contributed by atoms with Gasteiger partial charge in [-0.2, -0.15) is 0 Å². The van der Waals surface area contributed by atoms with Gasteiger partial charge in [0.25, 0.3) is 0 Å². The summed E-state index contributed by atoms with van der Waals surface area (Å²) in [7, 11) is 5.34. The van der Waals surface area contributed by atoms with Gasteiger partial charge in [-0.1, -0.05) is 25.4 Å². The summed E-state index contributed by atoms with van der Waals surface area (Å²) < 4.78 is 0. The third kappa shape index (κ3) is 3.12. The molecule has 2 N–H and O–H groups in total. The first-order chi connectivity index (χ1) is 4.79. The van der Waals surface area contributed by atoms with Gasteiger partial charge < -0.3 is 5.73 Å². The van der Waals surface area contributed by atoms with E-state index in [4.69, 9.17) is 13.6 Å². The molecule has 10 heavy (non-hydrogen) atoms. The van der Waals surface area contributed by atoms with Gasteiger partial charge in [-0.25, -0.2) is 4.98 Å². The smallest absolute Gasteiger partial charge is 0.122 e. The maximum absolute atomic E-state index is 5.34. The van der Waals surface area contributed by atoms with Gasteiger partial charge in [0.1, 0.15) is 13.7 Å². The van der Waals surface area contributed by atoms with Crippen molar-refractivity contribution in [2.45, 2.75) is 13.8 Å². The summed E-state index contributed by atoms with van der Waals surface area (Å²) in [6, 6.07) is 3.30. The van der Waals surface area contributed by atoms with Crippen LogP contribution in [0.2, 0.25) is 0 Å². The summed E-state index contributed by atoms with van der Waals surface area (Å²) in [5, 5.41) is 0. The molecule has 0 aliphatic heterocycles. The van der Waals surface area contributed by atoms with Crippen LogP contribution in [0, 0.1) is 0 Å². The summed E-state index contributed by atoms with van der Waals surface area (Å²) in [5.41, 5.74) is 5.92. The molecule has 0 amide bonds. The average Bonchev–Trinajstić information content (AvgIpc) is 1.91. The predicted molar refractivity (Wildman–Crippen MR) is 45.4 cm³/mol. The Kier molecular flexibility index (Phi) is 4.38. The molecule has 0 saturated carbocycles. The molecule has 1 rings (SSSR count). The Morgan fingerprint density at radius 2 is 2.10 bits per heavy atom. The van der Waals surface area contributed by atoms with Gasteiger partial charge in [-0.15, -0.1) is 0 Å². The van der Waals surface area contributed by atoms with Crippen molar-refractivity contribution in [2.24, 2.45) is 0 Å². The lowest BCUT2D eigenvalue weighted by molar-refractivity contribution is 1.35. The van der Waals surface area contributed by atoms with Crippen LogP contribution in [0.4, 0.5) is 5.82 Å². The van der Waals surface area contributed by atoms with Crippen LogP contribution in [0.25, 0.3) is 0 Å². The molecule has 0 fully saturated rings. The van der Waals surface area contributed by atoms with Crippen LogP contribution in [-0.2, 0) is 0 Å². The Morgan fingerprint density at radius 1 is 1.50 bits per heavy atom. The van der Waals surface area contributed by atoms with E-state index in [2.05, 4.69) is 4.98 Å². The largest absolute Gasteiger partial charge is 0.384 e. The summed E-state index contributed by atoms with van der Waals surface area (Å²) in [6.45, 7) is 4.00. The number of hydrogen-bond acceptors (Lipinski definition) is 2. The van der Waals surface area contributed by atoms with Crippen molar-refractivity contribution in [1.82, 2.24) is 4.98 Å². The fourth-order valence-electron chi connectivity index (χ4n) is 0.466. The fraction of sp³-hybridized carbons (Fsp3) is 0.286. The van der Waals surface area contributed by atoms with Crippen LogP contribution in [0.3, 0.4) is 0 Å². The molecule has 0 saturated heterocycles. The first kappa shape index (κ1) is 9.01. The lowest BCUT2D eigenvalue weighted by atomic mass is 9.98. The van der Waals surface area contributed by atoms with Crippen molar-refractivity contribution in [3.05, 3.63) is 18.3 Å². The number of pyridine rings is 1. The van der Waals surface area contributed by atoms with E-state index in [1.54, 1.807) is 18.3 Å². The molecule has 52 valence electrons. The van der Waals surface area contributed by atoms with Gasteiger partial charge >= 0.3 is 0 Å². The second-order valence-corrected chi connectivity index (χ2v) is 1.51. The van der Waals surface area contributed by atoms with Gasteiger partial charge in [0, 0.05) is 6.20 Å². The normalized spacial score (nSPS) is 7.80. The van der Waals surface area contributed by atoms with Gasteiger partial charge in [-0.05, 0) is 6.07 Å². The molecule has 0 aliphatic rings. The summed E-state index contributed by atoms with van der Waals surface area (Å²) in [6.07, 6.45) is 1.57. The lowest BCUT2D eigenvalue weighted by Crippen LogP contribution is -2.03. The minimum absolute atomic E-state index is 0.463. The first-order valence-corrected chi connectivity index (χ1v) is 3.26. The monoisotopic (exact) mass is 134 g/mol. The van der Waals surface area contributed by atoms with Gasteiger partial charge in [0.05, 0.1) is 0 Å². The molecule has 0 bridgehead atoms. The van der Waals surface area contributed by atoms with Gasteiger partial charge in [-0.3, -0.25) is 0 Å². The standard InChI is InChI=1S/C5H5BN2.C2H6/c6-4-1-2-8-5(7)3-4;1-2/h1-3H,(H2,7,8);1-2H3. The van der Waals surface area contributed by atoms with Crippen molar-refractivity contribution in [2.75, 3.05) is 5.73 Å². The van der Waals surface area contributed by atoms with Crippen molar-refractivity contribution >= 4 is 19.1 Å². The summed E-state index contributed by atoms with van der Waals surface area (Å²) in [5.74, 6) is 0.463. The third-order valence-corrected chi connectivity index (χ3v) is 0.805. The van der Waals surface area contributed by atoms with E-state index in [-0.39, 0.29) is 0 Å². The number of nitrogen functional groups attached to an aromatic ring is 1. The third-order valence-electron chi connectivity index (χ3n) is 0.805. The van der Waals surface area contributed by atoms with E-state index in [0.717, 1.165) is 0 Å². The van der Waals surface area contributed by atoms with Crippen LogP contribution >= 0.6 is 0 Å². The predicted octanol–water partition coefficient (Wildman–Crippen LogP) is 0.484. The zero-order valence-electron chi connectivity index (χ0n) is 6.33. The number of aromatic nitrogens is 1. The number of nitrogens with two attached hydrogens (primary N) is 1. The van der Waals surface area contributed by atoms with Crippen LogP contribution in [0.15, 0.2) is 18.3 Å². The minimum atomic E-state index is 0.463. The topological polar surface area (TPSA) is 38.9 Å². The molecule has 3 heteroatoms. The van der Waals surface area contributed by atoms with Crippen LogP contribution < -0.4 is 11.2 Å². The number of rotatable bonds is 0. The first-order valence-electron chi connectivity index (χ1n) is 3.26. The maximum Gasteiger partial charge on any atom is 0.122 e. The Bertz CT molecular complexity index is 171. The minimum Gasteiger partial charge on any atom is -0.384 e. The van der Waals surface area contributed by atoms with E-state index < -0.39 is 0 Å². The second-order valence-electron chi connectivity index (χ2n) is 1.51. The summed E-state index contributed by atoms with van der Waals surface area (Å²) in [4.78, 5) is 3.74. The Labute approximate surface area is 62.9 Å². The Morgan fingerprint density at radius 3 is 2.40 bits per heavy atom. The van der Waals surface area contributed by atoms with Crippen LogP contribution in [0.1, 0.15) is 13.8 Å². The summed E-state index contributed by atoms with van der Waals surface area (Å²) >= 11 is 0. The van der Waals surface area contributed by atoms with Crippen LogP contribution in [-0.4, -0.2) is 12.8 Å². The maximum atomic E-state index is 5.34. The molecule has 0 atom stereocenters. The van der Waals surface area contributed by atoms with E-state index in [1.807, 2.05) is 13.8 Å². The molecule has 1 aromatic rings. The van der Waals surface area contributed by atoms with Crippen molar-refractivity contribution in [3.8, 4) is 0 Å². The number of hydrogen-bond donors (Lipinski definition) is 1. The second kappa shape index (κ2) is 4.85. The van der Waals surface area contributed by atoms with E-state index in [1.165, 1.54) is 0 Å². The van der Waals surface area contributed by atoms with E-state index in [0.29, 0.717) is 11.3 Å². The Balaban J connectivity index is 0.000000371. The van der Waals surface area contributed by atoms with Crippen molar-refractivity contribution < 1.29 is 0 Å². The van der Waals surface area contributed by atoms with E-state index >= 15 is 0 Å². The molecular formula is C7H11BN2. The molecule has 0 unspecified atom stereocenters. The highest BCUT2D eigenvalue weighted by Gasteiger charge is 1.82. The zero-order valence-corrected chi connectivity index (χ0v) is 6.33. The molecule has 2 nitrogen and oxygen atoms in total. The molecule has 2 radical (unpaired) electrons. The molecule has 1 heterocycles. The van der Waals surface area contributed by atoms with E-state index in [9.17, 15) is 0 Å². The highest BCUT2D eigenvalue weighted by molar-refractivity contribution is 6.32. The van der Waals surface area contributed by atoms with Crippen molar-refractivity contribution in [3.63, 3.8) is 0 Å². The van der Waals surface area contributed by atoms with Gasteiger partial charge in [0.15, 0.2) is 0 Å². The van der Waals surface area contributed by atoms with Crippen molar-refractivity contribution in [1.29, 1.82) is 0 Å². The number of nitrogens with zero attached hydrogens (tertiary/aromatic N) is 1. The highest BCUT2D eigenvalue weighted by atomic mass is 14.8. The lowest BCUT2D eigenvalue weighted by Gasteiger charge is -1.90. The number of anilines is 1. The zero-order chi connectivity index (χ0) is 7.98.